The van der Waals surface area contributed by atoms with Crippen molar-refractivity contribution in [3.05, 3.63) is 29.3 Å². The Labute approximate surface area is 81.9 Å². The topological polar surface area (TPSA) is 35.5 Å². The van der Waals surface area contributed by atoms with Crippen molar-refractivity contribution in [3.8, 4) is 11.5 Å². The molecule has 14 heavy (non-hydrogen) atoms. The number of carbonyl (C=O) groups is 1. The number of methoxy groups -OCH3 is 2. The summed E-state index contributed by atoms with van der Waals surface area (Å²) in [6.45, 7) is 0. The zero-order valence-corrected chi connectivity index (χ0v) is 8.03. The molecule has 1 aromatic rings. The van der Waals surface area contributed by atoms with Crippen LogP contribution in [-0.4, -0.2) is 20.0 Å². The van der Waals surface area contributed by atoms with E-state index in [1.807, 2.05) is 0 Å². The fourth-order valence-corrected chi connectivity index (χ4v) is 1.50. The van der Waals surface area contributed by atoms with Crippen molar-refractivity contribution in [3.63, 3.8) is 0 Å². The van der Waals surface area contributed by atoms with Gasteiger partial charge in [-0.25, -0.2) is 0 Å². The lowest BCUT2D eigenvalue weighted by atomic mass is 10.1. The van der Waals surface area contributed by atoms with Crippen LogP contribution in [-0.2, 0) is 0 Å². The number of rotatable bonds is 2. The second-order valence-corrected chi connectivity index (χ2v) is 2.99. The van der Waals surface area contributed by atoms with Crippen LogP contribution >= 0.6 is 0 Å². The number of allylic oxidation sites excluding steroid dienone is 1. The predicted octanol–water partition coefficient (Wildman–Crippen LogP) is 1.91. The Morgan fingerprint density at radius 2 is 1.64 bits per heavy atom. The molecule has 0 fully saturated rings. The zero-order valence-electron chi connectivity index (χ0n) is 8.03. The van der Waals surface area contributed by atoms with E-state index in [1.54, 1.807) is 38.5 Å². The third kappa shape index (κ3) is 1.18. The summed E-state index contributed by atoms with van der Waals surface area (Å²) in [5, 5.41) is 0. The quantitative estimate of drug-likeness (QED) is 0.714. The molecule has 0 heterocycles. The minimum atomic E-state index is 0.0148. The summed E-state index contributed by atoms with van der Waals surface area (Å²) in [6.07, 6.45) is 3.32. The molecule has 0 atom stereocenters. The number of ketones is 1. The number of hydrogen-bond donors (Lipinski definition) is 0. The zero-order chi connectivity index (χ0) is 10.1. The maximum atomic E-state index is 11.4. The summed E-state index contributed by atoms with van der Waals surface area (Å²) in [6, 6.07) is 3.51. The maximum absolute atomic E-state index is 11.4. The van der Waals surface area contributed by atoms with E-state index in [9.17, 15) is 4.79 Å². The summed E-state index contributed by atoms with van der Waals surface area (Å²) in [5.74, 6) is 1.25. The molecule has 1 aromatic carbocycles. The molecule has 72 valence electrons. The van der Waals surface area contributed by atoms with Crippen LogP contribution in [0, 0.1) is 0 Å². The lowest BCUT2D eigenvalue weighted by Gasteiger charge is -2.08. The molecule has 0 bridgehead atoms. The van der Waals surface area contributed by atoms with Crippen molar-refractivity contribution < 1.29 is 14.3 Å². The Morgan fingerprint density at radius 1 is 1.00 bits per heavy atom. The fraction of sp³-hybridized carbons (Fsp3) is 0.182. The molecular formula is C11H10O3. The molecule has 2 rings (SSSR count). The van der Waals surface area contributed by atoms with E-state index in [0.717, 1.165) is 5.56 Å². The van der Waals surface area contributed by atoms with Gasteiger partial charge in [0.05, 0.1) is 14.2 Å². The van der Waals surface area contributed by atoms with Gasteiger partial charge in [0.25, 0.3) is 0 Å². The molecule has 0 spiro atoms. The Morgan fingerprint density at radius 3 is 2.29 bits per heavy atom. The second-order valence-electron chi connectivity index (χ2n) is 2.99. The average Bonchev–Trinajstić information content (AvgIpc) is 2.58. The number of fused-ring (bicyclic) bond motifs is 1. The van der Waals surface area contributed by atoms with E-state index in [-0.39, 0.29) is 5.78 Å². The minimum Gasteiger partial charge on any atom is -0.493 e. The van der Waals surface area contributed by atoms with E-state index in [2.05, 4.69) is 0 Å². The first kappa shape index (κ1) is 8.81. The van der Waals surface area contributed by atoms with Crippen LogP contribution in [0.2, 0.25) is 0 Å². The van der Waals surface area contributed by atoms with Crippen molar-refractivity contribution in [2.75, 3.05) is 14.2 Å². The second kappa shape index (κ2) is 3.18. The van der Waals surface area contributed by atoms with E-state index in [0.29, 0.717) is 17.1 Å². The largest absolute Gasteiger partial charge is 0.493 e. The standard InChI is InChI=1S/C11H10O3/c1-13-10-5-7-3-4-9(12)8(7)6-11(10)14-2/h3-6H,1-2H3. The Hall–Kier alpha value is -1.77. The summed E-state index contributed by atoms with van der Waals surface area (Å²) in [5.41, 5.74) is 1.55. The number of ether oxygens (including phenoxy) is 2. The van der Waals surface area contributed by atoms with E-state index < -0.39 is 0 Å². The highest BCUT2D eigenvalue weighted by Crippen LogP contribution is 2.33. The van der Waals surface area contributed by atoms with Gasteiger partial charge in [-0.15, -0.1) is 0 Å². The Balaban J connectivity index is 2.58. The molecule has 0 radical (unpaired) electrons. The van der Waals surface area contributed by atoms with Crippen LogP contribution in [0.3, 0.4) is 0 Å². The lowest BCUT2D eigenvalue weighted by molar-refractivity contribution is 0.104. The lowest BCUT2D eigenvalue weighted by Crippen LogP contribution is -1.96. The molecule has 0 N–H and O–H groups in total. The molecule has 0 amide bonds. The van der Waals surface area contributed by atoms with Crippen LogP contribution in [0.4, 0.5) is 0 Å². The van der Waals surface area contributed by atoms with Gasteiger partial charge in [0, 0.05) is 5.56 Å². The summed E-state index contributed by atoms with van der Waals surface area (Å²) in [7, 11) is 3.13. The summed E-state index contributed by atoms with van der Waals surface area (Å²) >= 11 is 0. The highest BCUT2D eigenvalue weighted by Gasteiger charge is 2.17. The van der Waals surface area contributed by atoms with Crippen molar-refractivity contribution in [1.29, 1.82) is 0 Å². The third-order valence-electron chi connectivity index (χ3n) is 2.24. The van der Waals surface area contributed by atoms with Gasteiger partial charge in [-0.3, -0.25) is 4.79 Å². The van der Waals surface area contributed by atoms with E-state index >= 15 is 0 Å². The first-order valence-electron chi connectivity index (χ1n) is 4.24. The first-order chi connectivity index (χ1) is 6.76. The van der Waals surface area contributed by atoms with Crippen LogP contribution in [0.5, 0.6) is 11.5 Å². The molecule has 1 aliphatic carbocycles. The van der Waals surface area contributed by atoms with Crippen LogP contribution in [0.25, 0.3) is 6.08 Å². The van der Waals surface area contributed by atoms with Crippen molar-refractivity contribution >= 4 is 11.9 Å². The molecule has 0 saturated carbocycles. The molecule has 0 saturated heterocycles. The van der Waals surface area contributed by atoms with Gasteiger partial charge in [0.15, 0.2) is 17.3 Å². The first-order valence-corrected chi connectivity index (χ1v) is 4.24. The fourth-order valence-electron chi connectivity index (χ4n) is 1.50. The van der Waals surface area contributed by atoms with Gasteiger partial charge in [-0.1, -0.05) is 6.08 Å². The molecule has 0 aliphatic heterocycles. The van der Waals surface area contributed by atoms with Crippen LogP contribution in [0.1, 0.15) is 15.9 Å². The van der Waals surface area contributed by atoms with Crippen molar-refractivity contribution in [2.24, 2.45) is 0 Å². The average molecular weight is 190 g/mol. The molecule has 0 aromatic heterocycles. The smallest absolute Gasteiger partial charge is 0.186 e. The van der Waals surface area contributed by atoms with E-state index in [4.69, 9.17) is 9.47 Å². The van der Waals surface area contributed by atoms with Gasteiger partial charge in [-0.05, 0) is 23.8 Å². The number of hydrogen-bond acceptors (Lipinski definition) is 3. The normalized spacial score (nSPS) is 12.9. The number of benzene rings is 1. The van der Waals surface area contributed by atoms with Gasteiger partial charge in [-0.2, -0.15) is 0 Å². The maximum Gasteiger partial charge on any atom is 0.186 e. The monoisotopic (exact) mass is 190 g/mol. The van der Waals surface area contributed by atoms with Crippen molar-refractivity contribution in [2.45, 2.75) is 0 Å². The minimum absolute atomic E-state index is 0.0148. The van der Waals surface area contributed by atoms with Crippen molar-refractivity contribution in [1.82, 2.24) is 0 Å². The third-order valence-corrected chi connectivity index (χ3v) is 2.24. The van der Waals surface area contributed by atoms with Crippen LogP contribution in [0.15, 0.2) is 18.2 Å². The highest BCUT2D eigenvalue weighted by atomic mass is 16.5. The van der Waals surface area contributed by atoms with Gasteiger partial charge in [0.1, 0.15) is 0 Å². The van der Waals surface area contributed by atoms with Gasteiger partial charge in [0.2, 0.25) is 0 Å². The Kier molecular flexibility index (Phi) is 2.00. The highest BCUT2D eigenvalue weighted by molar-refractivity contribution is 6.14. The van der Waals surface area contributed by atoms with E-state index in [1.165, 1.54) is 0 Å². The molecule has 1 aliphatic rings. The van der Waals surface area contributed by atoms with Gasteiger partial charge < -0.3 is 9.47 Å². The molecule has 0 unspecified atom stereocenters. The number of carbonyl (C=O) groups excluding carboxylic acids is 1. The summed E-state index contributed by atoms with van der Waals surface area (Å²) in [4.78, 5) is 11.4. The van der Waals surface area contributed by atoms with Gasteiger partial charge >= 0.3 is 0 Å². The Bertz CT molecular complexity index is 419. The van der Waals surface area contributed by atoms with Crippen LogP contribution < -0.4 is 9.47 Å². The predicted molar refractivity (Wildman–Crippen MR) is 52.9 cm³/mol. The molecule has 3 nitrogen and oxygen atoms in total. The summed E-state index contributed by atoms with van der Waals surface area (Å²) < 4.78 is 10.2. The molecular weight excluding hydrogens is 180 g/mol. The SMILES string of the molecule is COc1cc2c(cc1OC)C(=O)C=C2. The molecule has 3 heteroatoms.